The highest BCUT2D eigenvalue weighted by Gasteiger charge is 2.24. The van der Waals surface area contributed by atoms with Crippen LogP contribution in [0.4, 0.5) is 5.69 Å². The first-order chi connectivity index (χ1) is 14.7. The zero-order valence-electron chi connectivity index (χ0n) is 18.8. The standard InChI is InChI=1S/C23H32N4O4/c1-5-6-13-25(16-21-11-8-12-24(21)4)22(28)17-26(15-18(2)3)23(29)19-9-7-10-20(14-19)27(30)31/h7-12,14,18H,5-6,13,15-17H2,1-4H3. The van der Waals surface area contributed by atoms with E-state index >= 15 is 0 Å². The van der Waals surface area contributed by atoms with Gasteiger partial charge in [0.05, 0.1) is 11.5 Å². The number of aromatic nitrogens is 1. The van der Waals surface area contributed by atoms with Crippen molar-refractivity contribution in [3.8, 4) is 0 Å². The number of unbranched alkanes of at least 4 members (excludes halogenated alkanes) is 1. The maximum absolute atomic E-state index is 13.2. The van der Waals surface area contributed by atoms with Crippen LogP contribution in [0.2, 0.25) is 0 Å². The van der Waals surface area contributed by atoms with Crippen molar-refractivity contribution in [3.63, 3.8) is 0 Å². The van der Waals surface area contributed by atoms with Crippen LogP contribution in [0, 0.1) is 16.0 Å². The van der Waals surface area contributed by atoms with E-state index < -0.39 is 4.92 Å². The lowest BCUT2D eigenvalue weighted by Gasteiger charge is -2.29. The number of hydrogen-bond donors (Lipinski definition) is 0. The Balaban J connectivity index is 2.22. The summed E-state index contributed by atoms with van der Waals surface area (Å²) in [6.45, 7) is 7.42. The van der Waals surface area contributed by atoms with Gasteiger partial charge in [0.15, 0.2) is 0 Å². The smallest absolute Gasteiger partial charge is 0.270 e. The van der Waals surface area contributed by atoms with Crippen LogP contribution in [-0.4, -0.2) is 50.7 Å². The molecule has 0 atom stereocenters. The van der Waals surface area contributed by atoms with Gasteiger partial charge in [0.25, 0.3) is 11.6 Å². The Morgan fingerprint density at radius 2 is 1.90 bits per heavy atom. The number of carbonyl (C=O) groups excluding carboxylic acids is 2. The minimum absolute atomic E-state index is 0.0617. The summed E-state index contributed by atoms with van der Waals surface area (Å²) in [5.41, 5.74) is 1.09. The fourth-order valence-corrected chi connectivity index (χ4v) is 3.36. The van der Waals surface area contributed by atoms with Gasteiger partial charge >= 0.3 is 0 Å². The van der Waals surface area contributed by atoms with Crippen molar-refractivity contribution in [3.05, 3.63) is 64.0 Å². The Morgan fingerprint density at radius 1 is 1.16 bits per heavy atom. The van der Waals surface area contributed by atoms with Crippen molar-refractivity contribution in [2.24, 2.45) is 13.0 Å². The summed E-state index contributed by atoms with van der Waals surface area (Å²) in [7, 11) is 1.94. The Kier molecular flexibility index (Phi) is 8.78. The van der Waals surface area contributed by atoms with Crippen LogP contribution >= 0.6 is 0 Å². The van der Waals surface area contributed by atoms with Crippen LogP contribution in [0.25, 0.3) is 0 Å². The predicted molar refractivity (Wildman–Crippen MR) is 120 cm³/mol. The Labute approximate surface area is 183 Å². The van der Waals surface area contributed by atoms with Crippen molar-refractivity contribution < 1.29 is 14.5 Å². The topological polar surface area (TPSA) is 88.7 Å². The number of amides is 2. The molecule has 0 unspecified atom stereocenters. The summed E-state index contributed by atoms with van der Waals surface area (Å²) in [4.78, 5) is 40.2. The first-order valence-corrected chi connectivity index (χ1v) is 10.6. The number of non-ortho nitro benzene ring substituents is 1. The normalized spacial score (nSPS) is 10.9. The van der Waals surface area contributed by atoms with Gasteiger partial charge in [-0.3, -0.25) is 19.7 Å². The second kappa shape index (κ2) is 11.3. The zero-order chi connectivity index (χ0) is 23.0. The van der Waals surface area contributed by atoms with E-state index in [9.17, 15) is 19.7 Å². The Hall–Kier alpha value is -3.16. The molecule has 0 fully saturated rings. The number of aryl methyl sites for hydroxylation is 1. The van der Waals surface area contributed by atoms with Crippen molar-refractivity contribution in [2.45, 2.75) is 40.2 Å². The van der Waals surface area contributed by atoms with Gasteiger partial charge in [-0.05, 0) is 30.5 Å². The summed E-state index contributed by atoms with van der Waals surface area (Å²) in [5, 5.41) is 11.1. The molecule has 8 nitrogen and oxygen atoms in total. The highest BCUT2D eigenvalue weighted by molar-refractivity contribution is 5.97. The second-order valence-corrected chi connectivity index (χ2v) is 8.17. The molecule has 0 spiro atoms. The summed E-state index contributed by atoms with van der Waals surface area (Å²) in [6.07, 6.45) is 3.77. The highest BCUT2D eigenvalue weighted by atomic mass is 16.6. The quantitative estimate of drug-likeness (QED) is 0.402. The van der Waals surface area contributed by atoms with Crippen molar-refractivity contribution in [1.29, 1.82) is 0 Å². The van der Waals surface area contributed by atoms with Gasteiger partial charge in [0.2, 0.25) is 5.91 Å². The third-order valence-corrected chi connectivity index (χ3v) is 5.04. The first-order valence-electron chi connectivity index (χ1n) is 10.6. The summed E-state index contributed by atoms with van der Waals surface area (Å²) in [5.74, 6) is -0.360. The fraction of sp³-hybridized carbons (Fsp3) is 0.478. The molecule has 0 bridgehead atoms. The third kappa shape index (κ3) is 6.94. The van der Waals surface area contributed by atoms with E-state index in [1.54, 1.807) is 11.0 Å². The van der Waals surface area contributed by atoms with Crippen LogP contribution in [-0.2, 0) is 18.4 Å². The van der Waals surface area contributed by atoms with Crippen LogP contribution < -0.4 is 0 Å². The highest BCUT2D eigenvalue weighted by Crippen LogP contribution is 2.16. The zero-order valence-corrected chi connectivity index (χ0v) is 18.8. The Bertz CT molecular complexity index is 906. The number of nitro groups is 1. The van der Waals surface area contributed by atoms with Gasteiger partial charge in [0.1, 0.15) is 6.54 Å². The van der Waals surface area contributed by atoms with Gasteiger partial charge in [-0.15, -0.1) is 0 Å². The molecule has 0 saturated carbocycles. The lowest BCUT2D eigenvalue weighted by molar-refractivity contribution is -0.384. The lowest BCUT2D eigenvalue weighted by Crippen LogP contribution is -2.44. The molecule has 0 aliphatic carbocycles. The van der Waals surface area contributed by atoms with Crippen molar-refractivity contribution in [2.75, 3.05) is 19.6 Å². The molecular weight excluding hydrogens is 396 g/mol. The molecule has 8 heteroatoms. The number of rotatable bonds is 11. The van der Waals surface area contributed by atoms with E-state index in [1.165, 1.54) is 23.1 Å². The van der Waals surface area contributed by atoms with E-state index in [2.05, 4.69) is 6.92 Å². The molecule has 1 aromatic carbocycles. The minimum atomic E-state index is -0.527. The van der Waals surface area contributed by atoms with Gasteiger partial charge < -0.3 is 14.4 Å². The maximum Gasteiger partial charge on any atom is 0.270 e. The molecule has 2 rings (SSSR count). The molecule has 0 aliphatic heterocycles. The minimum Gasteiger partial charge on any atom is -0.353 e. The van der Waals surface area contributed by atoms with Gasteiger partial charge in [-0.2, -0.15) is 0 Å². The predicted octanol–water partition coefficient (Wildman–Crippen LogP) is 3.86. The van der Waals surface area contributed by atoms with E-state index in [0.717, 1.165) is 18.5 Å². The lowest BCUT2D eigenvalue weighted by atomic mass is 10.1. The van der Waals surface area contributed by atoms with Gasteiger partial charge in [0, 0.05) is 49.7 Å². The molecule has 1 aromatic heterocycles. The fourth-order valence-electron chi connectivity index (χ4n) is 3.36. The Morgan fingerprint density at radius 3 is 2.48 bits per heavy atom. The maximum atomic E-state index is 13.2. The number of hydrogen-bond acceptors (Lipinski definition) is 4. The van der Waals surface area contributed by atoms with Gasteiger partial charge in [-0.1, -0.05) is 33.3 Å². The van der Waals surface area contributed by atoms with Crippen LogP contribution in [0.3, 0.4) is 0 Å². The first kappa shape index (κ1) is 24.1. The largest absolute Gasteiger partial charge is 0.353 e. The van der Waals surface area contributed by atoms with Crippen LogP contribution in [0.15, 0.2) is 42.6 Å². The molecule has 2 aromatic rings. The number of nitrogens with zero attached hydrogens (tertiary/aromatic N) is 4. The summed E-state index contributed by atoms with van der Waals surface area (Å²) < 4.78 is 1.98. The van der Waals surface area contributed by atoms with E-state index in [4.69, 9.17) is 0 Å². The van der Waals surface area contributed by atoms with E-state index in [1.807, 2.05) is 43.8 Å². The molecular formula is C23H32N4O4. The molecule has 168 valence electrons. The average Bonchev–Trinajstić information content (AvgIpc) is 3.14. The monoisotopic (exact) mass is 428 g/mol. The van der Waals surface area contributed by atoms with Crippen LogP contribution in [0.1, 0.15) is 49.7 Å². The molecule has 0 saturated heterocycles. The summed E-state index contributed by atoms with van der Waals surface area (Å²) in [6, 6.07) is 9.57. The van der Waals surface area contributed by atoms with E-state index in [0.29, 0.717) is 19.6 Å². The number of carbonyl (C=O) groups is 2. The molecule has 2 amide bonds. The number of benzene rings is 1. The van der Waals surface area contributed by atoms with Gasteiger partial charge in [-0.25, -0.2) is 0 Å². The van der Waals surface area contributed by atoms with E-state index in [-0.39, 0.29) is 35.5 Å². The molecule has 0 radical (unpaired) electrons. The van der Waals surface area contributed by atoms with Crippen molar-refractivity contribution >= 4 is 17.5 Å². The second-order valence-electron chi connectivity index (χ2n) is 8.17. The molecule has 0 aliphatic rings. The summed E-state index contributed by atoms with van der Waals surface area (Å²) >= 11 is 0. The third-order valence-electron chi connectivity index (χ3n) is 5.04. The van der Waals surface area contributed by atoms with Crippen LogP contribution in [0.5, 0.6) is 0 Å². The molecule has 1 heterocycles. The molecule has 0 N–H and O–H groups in total. The van der Waals surface area contributed by atoms with Crippen molar-refractivity contribution in [1.82, 2.24) is 14.4 Å². The number of nitro benzene ring substituents is 1. The SMILES string of the molecule is CCCCN(Cc1cccn1C)C(=O)CN(CC(C)C)C(=O)c1cccc([N+](=O)[O-])c1. The average molecular weight is 429 g/mol. The molecule has 31 heavy (non-hydrogen) atoms.